The minimum Gasteiger partial charge on any atom is -0.411 e. The van der Waals surface area contributed by atoms with Crippen LogP contribution in [-0.4, -0.2) is 21.1 Å². The molecule has 0 saturated heterocycles. The molecular formula is C25H26N4O2S2. The summed E-state index contributed by atoms with van der Waals surface area (Å²) in [6.45, 7) is 11.8. The molecule has 0 saturated carbocycles. The van der Waals surface area contributed by atoms with E-state index in [2.05, 4.69) is 55.2 Å². The number of thiazole rings is 1. The summed E-state index contributed by atoms with van der Waals surface area (Å²) >= 11 is 2.89. The molecule has 4 aromatic rings. The molecule has 0 spiro atoms. The van der Waals surface area contributed by atoms with E-state index in [1.807, 2.05) is 25.3 Å². The Balaban J connectivity index is 1.50. The van der Waals surface area contributed by atoms with Crippen LogP contribution in [0.1, 0.15) is 40.4 Å². The summed E-state index contributed by atoms with van der Waals surface area (Å²) < 4.78 is 5.84. The van der Waals surface area contributed by atoms with Crippen LogP contribution < -0.4 is 4.90 Å². The van der Waals surface area contributed by atoms with Crippen molar-refractivity contribution in [1.29, 1.82) is 0 Å². The van der Waals surface area contributed by atoms with Gasteiger partial charge in [0.25, 0.3) is 5.22 Å². The van der Waals surface area contributed by atoms with Crippen LogP contribution in [0, 0.1) is 34.6 Å². The van der Waals surface area contributed by atoms with Crippen molar-refractivity contribution in [3.8, 4) is 11.5 Å². The molecular weight excluding hydrogens is 452 g/mol. The lowest BCUT2D eigenvalue weighted by Gasteiger charge is -2.23. The van der Waals surface area contributed by atoms with Crippen molar-refractivity contribution in [2.45, 2.75) is 52.5 Å². The number of aryl methyl sites for hydroxylation is 5. The van der Waals surface area contributed by atoms with Gasteiger partial charge in [-0.15, -0.1) is 21.5 Å². The van der Waals surface area contributed by atoms with Crippen molar-refractivity contribution >= 4 is 39.8 Å². The summed E-state index contributed by atoms with van der Waals surface area (Å²) in [4.78, 5) is 19.0. The lowest BCUT2D eigenvalue weighted by Crippen LogP contribution is -2.24. The van der Waals surface area contributed by atoms with E-state index in [0.717, 1.165) is 28.1 Å². The molecule has 6 nitrogen and oxygen atoms in total. The van der Waals surface area contributed by atoms with Gasteiger partial charge in [-0.25, -0.2) is 4.98 Å². The predicted molar refractivity (Wildman–Crippen MR) is 134 cm³/mol. The Kier molecular flexibility index (Phi) is 6.67. The van der Waals surface area contributed by atoms with Crippen molar-refractivity contribution in [3.63, 3.8) is 0 Å². The molecule has 0 bridgehead atoms. The monoisotopic (exact) mass is 478 g/mol. The van der Waals surface area contributed by atoms with Crippen molar-refractivity contribution in [1.82, 2.24) is 15.2 Å². The lowest BCUT2D eigenvalue weighted by molar-refractivity contribution is -0.115. The number of carbonyl (C=O) groups excluding carboxylic acids is 1. The van der Waals surface area contributed by atoms with Gasteiger partial charge in [-0.05, 0) is 69.0 Å². The minimum atomic E-state index is -0.0615. The summed E-state index contributed by atoms with van der Waals surface area (Å²) in [5.41, 5.74) is 8.36. The molecule has 33 heavy (non-hydrogen) atoms. The molecule has 2 aromatic carbocycles. The Labute approximate surface area is 202 Å². The number of hydrogen-bond acceptors (Lipinski definition) is 7. The van der Waals surface area contributed by atoms with Crippen LogP contribution in [0.15, 0.2) is 45.4 Å². The SMILES string of the molecule is CC(=O)N(c1nc(CSc2nnc(-c3ccc(C)c(C)c3)o2)cs1)c1c(C)cc(C)cc1C. The normalized spacial score (nSPS) is 11.1. The first-order valence-electron chi connectivity index (χ1n) is 10.6. The molecule has 0 aliphatic carbocycles. The van der Waals surface area contributed by atoms with Crippen LogP contribution in [0.2, 0.25) is 0 Å². The Morgan fingerprint density at radius 2 is 1.73 bits per heavy atom. The number of amides is 1. The Bertz CT molecular complexity index is 1300. The van der Waals surface area contributed by atoms with Gasteiger partial charge in [0.2, 0.25) is 11.8 Å². The van der Waals surface area contributed by atoms with E-state index in [4.69, 9.17) is 9.40 Å². The van der Waals surface area contributed by atoms with Crippen LogP contribution in [0.25, 0.3) is 11.5 Å². The second kappa shape index (κ2) is 9.49. The molecule has 0 N–H and O–H groups in total. The zero-order chi connectivity index (χ0) is 23.7. The van der Waals surface area contributed by atoms with Gasteiger partial charge in [-0.1, -0.05) is 35.5 Å². The maximum Gasteiger partial charge on any atom is 0.277 e. The molecule has 0 aliphatic rings. The standard InChI is InChI=1S/C25H26N4O2S2/c1-14-9-17(4)22(18(5)10-14)29(19(6)30)24-26-21(12-32-24)13-33-25-28-27-23(31-25)20-8-7-15(2)16(3)11-20/h7-12H,13H2,1-6H3. The topological polar surface area (TPSA) is 72.1 Å². The summed E-state index contributed by atoms with van der Waals surface area (Å²) in [7, 11) is 0. The average Bonchev–Trinajstić information content (AvgIpc) is 3.40. The van der Waals surface area contributed by atoms with Crippen molar-refractivity contribution in [2.75, 3.05) is 4.90 Å². The number of thioether (sulfide) groups is 1. The van der Waals surface area contributed by atoms with E-state index >= 15 is 0 Å². The van der Waals surface area contributed by atoms with E-state index in [9.17, 15) is 4.79 Å². The van der Waals surface area contributed by atoms with Gasteiger partial charge >= 0.3 is 0 Å². The highest BCUT2D eigenvalue weighted by molar-refractivity contribution is 7.98. The molecule has 2 aromatic heterocycles. The Morgan fingerprint density at radius 3 is 2.39 bits per heavy atom. The second-order valence-corrected chi connectivity index (χ2v) is 9.95. The van der Waals surface area contributed by atoms with Gasteiger partial charge in [-0.3, -0.25) is 9.69 Å². The van der Waals surface area contributed by atoms with E-state index in [1.165, 1.54) is 39.8 Å². The van der Waals surface area contributed by atoms with Gasteiger partial charge in [-0.2, -0.15) is 0 Å². The van der Waals surface area contributed by atoms with Gasteiger partial charge in [0.1, 0.15) is 0 Å². The molecule has 0 unspecified atom stereocenters. The first-order valence-corrected chi connectivity index (χ1v) is 12.5. The third kappa shape index (κ3) is 5.02. The fraction of sp³-hybridized carbons (Fsp3) is 0.280. The van der Waals surface area contributed by atoms with Crippen molar-refractivity contribution in [2.24, 2.45) is 0 Å². The summed E-state index contributed by atoms with van der Waals surface area (Å²) in [6, 6.07) is 10.3. The summed E-state index contributed by atoms with van der Waals surface area (Å²) in [5.74, 6) is 1.02. The van der Waals surface area contributed by atoms with Gasteiger partial charge in [0, 0.05) is 23.6 Å². The van der Waals surface area contributed by atoms with Crippen LogP contribution >= 0.6 is 23.1 Å². The van der Waals surface area contributed by atoms with Crippen LogP contribution in [0.4, 0.5) is 10.8 Å². The number of anilines is 2. The van der Waals surface area contributed by atoms with Crippen molar-refractivity contribution < 1.29 is 9.21 Å². The lowest BCUT2D eigenvalue weighted by atomic mass is 10.0. The summed E-state index contributed by atoms with van der Waals surface area (Å²) in [6.07, 6.45) is 0. The van der Waals surface area contributed by atoms with Gasteiger partial charge < -0.3 is 4.42 Å². The molecule has 0 radical (unpaired) electrons. The first kappa shape index (κ1) is 23.2. The molecule has 0 atom stereocenters. The average molecular weight is 479 g/mol. The Hall–Kier alpha value is -2.97. The zero-order valence-electron chi connectivity index (χ0n) is 19.6. The highest BCUT2D eigenvalue weighted by atomic mass is 32.2. The molecule has 0 aliphatic heterocycles. The van der Waals surface area contributed by atoms with E-state index in [1.54, 1.807) is 11.8 Å². The maximum absolute atomic E-state index is 12.6. The number of rotatable bonds is 6. The van der Waals surface area contributed by atoms with Gasteiger partial charge in [0.15, 0.2) is 5.13 Å². The molecule has 170 valence electrons. The number of aromatic nitrogens is 3. The fourth-order valence-corrected chi connectivity index (χ4v) is 5.41. The van der Waals surface area contributed by atoms with E-state index < -0.39 is 0 Å². The van der Waals surface area contributed by atoms with Crippen molar-refractivity contribution in [3.05, 3.63) is 69.2 Å². The third-order valence-electron chi connectivity index (χ3n) is 5.41. The number of carbonyl (C=O) groups is 1. The van der Waals surface area contributed by atoms with Crippen LogP contribution in [0.5, 0.6) is 0 Å². The zero-order valence-corrected chi connectivity index (χ0v) is 21.2. The highest BCUT2D eigenvalue weighted by Crippen LogP contribution is 2.35. The first-order chi connectivity index (χ1) is 15.7. The molecule has 0 fully saturated rings. The molecule has 4 rings (SSSR count). The second-order valence-electron chi connectivity index (χ2n) is 8.18. The number of nitrogens with zero attached hydrogens (tertiary/aromatic N) is 4. The van der Waals surface area contributed by atoms with E-state index in [-0.39, 0.29) is 5.91 Å². The third-order valence-corrected chi connectivity index (χ3v) is 7.14. The molecule has 8 heteroatoms. The summed E-state index contributed by atoms with van der Waals surface area (Å²) in [5, 5.41) is 11.5. The largest absolute Gasteiger partial charge is 0.411 e. The quantitative estimate of drug-likeness (QED) is 0.287. The van der Waals surface area contributed by atoms with Crippen LogP contribution in [-0.2, 0) is 10.5 Å². The molecule has 2 heterocycles. The minimum absolute atomic E-state index is 0.0615. The smallest absolute Gasteiger partial charge is 0.277 e. The fourth-order valence-electron chi connectivity index (χ4n) is 3.77. The highest BCUT2D eigenvalue weighted by Gasteiger charge is 2.22. The predicted octanol–water partition coefficient (Wildman–Crippen LogP) is 6.71. The number of benzene rings is 2. The number of hydrogen-bond donors (Lipinski definition) is 0. The van der Waals surface area contributed by atoms with Gasteiger partial charge in [0.05, 0.1) is 11.4 Å². The van der Waals surface area contributed by atoms with Crippen LogP contribution in [0.3, 0.4) is 0 Å². The Morgan fingerprint density at radius 1 is 1.00 bits per heavy atom. The maximum atomic E-state index is 12.6. The molecule has 1 amide bonds. The van der Waals surface area contributed by atoms with E-state index in [0.29, 0.717) is 22.0 Å².